The van der Waals surface area contributed by atoms with Gasteiger partial charge >= 0.3 is 0 Å². The largest absolute Gasteiger partial charge is 0.366 e. The van der Waals surface area contributed by atoms with Gasteiger partial charge < -0.3 is 10.6 Å². The highest BCUT2D eigenvalue weighted by molar-refractivity contribution is 6.30. The van der Waals surface area contributed by atoms with Gasteiger partial charge in [-0.15, -0.1) is 0 Å². The molecule has 0 saturated carbocycles. The van der Waals surface area contributed by atoms with Crippen LogP contribution in [0.15, 0.2) is 48.5 Å². The molecule has 0 aliphatic heterocycles. The Morgan fingerprint density at radius 2 is 1.63 bits per heavy atom. The quantitative estimate of drug-likeness (QED) is 0.659. The summed E-state index contributed by atoms with van der Waals surface area (Å²) in [6.07, 6.45) is 0. The smallest absolute Gasteiger partial charge is 0.274 e. The lowest BCUT2D eigenvalue weighted by molar-refractivity contribution is 0.102. The van der Waals surface area contributed by atoms with Gasteiger partial charge in [0.05, 0.1) is 0 Å². The monoisotopic (exact) mass is 380 g/mol. The molecule has 0 aliphatic carbocycles. The Hall–Kier alpha value is -2.92. The van der Waals surface area contributed by atoms with Gasteiger partial charge in [0.15, 0.2) is 0 Å². The summed E-state index contributed by atoms with van der Waals surface area (Å²) in [6, 6.07) is 15.1. The fraction of sp³-hybridized carbons (Fsp3) is 0.190. The van der Waals surface area contributed by atoms with E-state index in [-0.39, 0.29) is 5.91 Å². The number of anilines is 2. The molecule has 1 aromatic heterocycles. The molecule has 27 heavy (non-hydrogen) atoms. The summed E-state index contributed by atoms with van der Waals surface area (Å²) < 4.78 is 0. The highest BCUT2D eigenvalue weighted by atomic mass is 35.5. The zero-order valence-corrected chi connectivity index (χ0v) is 16.3. The number of benzene rings is 2. The van der Waals surface area contributed by atoms with E-state index >= 15 is 0 Å². The molecule has 0 fully saturated rings. The molecule has 0 atom stereocenters. The van der Waals surface area contributed by atoms with Crippen LogP contribution in [0.4, 0.5) is 11.5 Å². The standard InChI is InChI=1S/C21H21ClN4O/c1-13-8-14(2)10-18(9-13)26-21(27)19-11-20(25-15(3)24-19)23-12-16-4-6-17(22)7-5-16/h4-11H,12H2,1-3H3,(H,26,27)(H,23,24,25). The van der Waals surface area contributed by atoms with Crippen molar-refractivity contribution in [3.8, 4) is 0 Å². The second-order valence-electron chi connectivity index (χ2n) is 6.50. The number of hydrogen-bond acceptors (Lipinski definition) is 4. The molecule has 0 aliphatic rings. The van der Waals surface area contributed by atoms with Crippen molar-refractivity contribution < 1.29 is 4.79 Å². The summed E-state index contributed by atoms with van der Waals surface area (Å²) >= 11 is 5.91. The van der Waals surface area contributed by atoms with Crippen LogP contribution in [0.1, 0.15) is 33.0 Å². The van der Waals surface area contributed by atoms with Crippen LogP contribution in [-0.2, 0) is 6.54 Å². The lowest BCUT2D eigenvalue weighted by atomic mass is 10.1. The van der Waals surface area contributed by atoms with E-state index in [2.05, 4.69) is 26.7 Å². The molecule has 0 radical (unpaired) electrons. The summed E-state index contributed by atoms with van der Waals surface area (Å²) in [5.74, 6) is 0.866. The molecule has 0 spiro atoms. The highest BCUT2D eigenvalue weighted by Crippen LogP contribution is 2.16. The minimum absolute atomic E-state index is 0.264. The molecule has 138 valence electrons. The van der Waals surface area contributed by atoms with Crippen molar-refractivity contribution in [2.24, 2.45) is 0 Å². The molecule has 0 bridgehead atoms. The zero-order valence-electron chi connectivity index (χ0n) is 15.5. The topological polar surface area (TPSA) is 66.9 Å². The van der Waals surface area contributed by atoms with Crippen LogP contribution in [0.5, 0.6) is 0 Å². The van der Waals surface area contributed by atoms with Crippen LogP contribution in [0.3, 0.4) is 0 Å². The Kier molecular flexibility index (Phi) is 5.72. The van der Waals surface area contributed by atoms with E-state index in [1.165, 1.54) is 0 Å². The van der Waals surface area contributed by atoms with E-state index in [4.69, 9.17) is 11.6 Å². The third kappa shape index (κ3) is 5.28. The number of halogens is 1. The Balaban J connectivity index is 1.73. The Morgan fingerprint density at radius 3 is 2.30 bits per heavy atom. The fourth-order valence-electron chi connectivity index (χ4n) is 2.81. The second kappa shape index (κ2) is 8.18. The normalized spacial score (nSPS) is 10.5. The van der Waals surface area contributed by atoms with Crippen molar-refractivity contribution in [2.45, 2.75) is 27.3 Å². The van der Waals surface area contributed by atoms with Crippen molar-refractivity contribution in [1.29, 1.82) is 0 Å². The maximum atomic E-state index is 12.6. The molecular weight excluding hydrogens is 360 g/mol. The van der Waals surface area contributed by atoms with Gasteiger partial charge in [-0.1, -0.05) is 29.8 Å². The first-order valence-electron chi connectivity index (χ1n) is 8.63. The predicted molar refractivity (Wildman–Crippen MR) is 109 cm³/mol. The lowest BCUT2D eigenvalue weighted by Crippen LogP contribution is -2.16. The molecule has 1 heterocycles. The van der Waals surface area contributed by atoms with Crippen molar-refractivity contribution in [3.05, 3.63) is 81.8 Å². The molecule has 6 heteroatoms. The maximum absolute atomic E-state index is 12.6. The molecule has 2 N–H and O–H groups in total. The van der Waals surface area contributed by atoms with Crippen LogP contribution in [0.2, 0.25) is 5.02 Å². The van der Waals surface area contributed by atoms with E-state index in [1.807, 2.05) is 50.2 Å². The van der Waals surface area contributed by atoms with Crippen molar-refractivity contribution >= 4 is 29.0 Å². The first-order chi connectivity index (χ1) is 12.9. The average molecular weight is 381 g/mol. The number of hydrogen-bond donors (Lipinski definition) is 2. The van der Waals surface area contributed by atoms with E-state index < -0.39 is 0 Å². The van der Waals surface area contributed by atoms with E-state index in [1.54, 1.807) is 13.0 Å². The minimum Gasteiger partial charge on any atom is -0.366 e. The Labute approximate surface area is 163 Å². The zero-order chi connectivity index (χ0) is 19.4. The van der Waals surface area contributed by atoms with Crippen molar-refractivity contribution in [2.75, 3.05) is 10.6 Å². The summed E-state index contributed by atoms with van der Waals surface area (Å²) in [5, 5.41) is 6.82. The SMILES string of the molecule is Cc1cc(C)cc(NC(=O)c2cc(NCc3ccc(Cl)cc3)nc(C)n2)c1. The fourth-order valence-corrected chi connectivity index (χ4v) is 2.94. The number of aromatic nitrogens is 2. The molecule has 3 rings (SSSR count). The molecule has 2 aromatic carbocycles. The molecule has 0 saturated heterocycles. The molecule has 0 unspecified atom stereocenters. The number of amides is 1. The maximum Gasteiger partial charge on any atom is 0.274 e. The van der Waals surface area contributed by atoms with E-state index in [0.29, 0.717) is 28.9 Å². The predicted octanol–water partition coefficient (Wildman–Crippen LogP) is 4.92. The summed E-state index contributed by atoms with van der Waals surface area (Å²) in [7, 11) is 0. The molecular formula is C21H21ClN4O. The number of aryl methyl sites for hydroxylation is 3. The van der Waals surface area contributed by atoms with Gasteiger partial charge in [0.2, 0.25) is 0 Å². The average Bonchev–Trinajstić information content (AvgIpc) is 2.60. The third-order valence-electron chi connectivity index (χ3n) is 3.94. The third-order valence-corrected chi connectivity index (χ3v) is 4.19. The Bertz CT molecular complexity index is 950. The number of carbonyl (C=O) groups excluding carboxylic acids is 1. The second-order valence-corrected chi connectivity index (χ2v) is 6.93. The van der Waals surface area contributed by atoms with Gasteiger partial charge in [-0.05, 0) is 61.7 Å². The van der Waals surface area contributed by atoms with E-state index in [0.717, 1.165) is 22.4 Å². The number of carbonyl (C=O) groups is 1. The lowest BCUT2D eigenvalue weighted by Gasteiger charge is -2.10. The first kappa shape index (κ1) is 18.9. The van der Waals surface area contributed by atoms with Crippen LogP contribution in [-0.4, -0.2) is 15.9 Å². The van der Waals surface area contributed by atoms with Gasteiger partial charge in [-0.2, -0.15) is 0 Å². The van der Waals surface area contributed by atoms with Crippen molar-refractivity contribution in [3.63, 3.8) is 0 Å². The summed E-state index contributed by atoms with van der Waals surface area (Å²) in [5.41, 5.74) is 4.32. The highest BCUT2D eigenvalue weighted by Gasteiger charge is 2.11. The van der Waals surface area contributed by atoms with Crippen molar-refractivity contribution in [1.82, 2.24) is 9.97 Å². The van der Waals surface area contributed by atoms with Crippen LogP contribution in [0, 0.1) is 20.8 Å². The van der Waals surface area contributed by atoms with Crippen LogP contribution in [0.25, 0.3) is 0 Å². The molecule has 3 aromatic rings. The molecule has 1 amide bonds. The van der Waals surface area contributed by atoms with Crippen LogP contribution >= 0.6 is 11.6 Å². The van der Waals surface area contributed by atoms with Gasteiger partial charge in [-0.25, -0.2) is 9.97 Å². The van der Waals surface area contributed by atoms with Crippen LogP contribution < -0.4 is 10.6 Å². The summed E-state index contributed by atoms with van der Waals surface area (Å²) in [4.78, 5) is 21.2. The van der Waals surface area contributed by atoms with Gasteiger partial charge in [0, 0.05) is 23.3 Å². The summed E-state index contributed by atoms with van der Waals surface area (Å²) in [6.45, 7) is 6.33. The van der Waals surface area contributed by atoms with Gasteiger partial charge in [0.1, 0.15) is 17.3 Å². The minimum atomic E-state index is -0.264. The number of nitrogens with zero attached hydrogens (tertiary/aromatic N) is 2. The van der Waals surface area contributed by atoms with E-state index in [9.17, 15) is 4.79 Å². The molecule has 5 nitrogen and oxygen atoms in total. The number of rotatable bonds is 5. The van der Waals surface area contributed by atoms with Gasteiger partial charge in [-0.3, -0.25) is 4.79 Å². The first-order valence-corrected chi connectivity index (χ1v) is 9.00. The van der Waals surface area contributed by atoms with Gasteiger partial charge in [0.25, 0.3) is 5.91 Å². The number of nitrogens with one attached hydrogen (secondary N) is 2. The Morgan fingerprint density at radius 1 is 0.963 bits per heavy atom.